The maximum Gasteiger partial charge on any atom is 0.307 e. The van der Waals surface area contributed by atoms with E-state index in [1.807, 2.05) is 0 Å². The fourth-order valence-corrected chi connectivity index (χ4v) is 1.46. The van der Waals surface area contributed by atoms with Gasteiger partial charge in [0.1, 0.15) is 0 Å². The minimum atomic E-state index is -1.00. The van der Waals surface area contributed by atoms with Crippen molar-refractivity contribution in [3.63, 3.8) is 0 Å². The smallest absolute Gasteiger partial charge is 0.307 e. The van der Waals surface area contributed by atoms with Gasteiger partial charge >= 0.3 is 5.97 Å². The number of ether oxygens (including phenoxy) is 1. The summed E-state index contributed by atoms with van der Waals surface area (Å²) in [7, 11) is 0. The fraction of sp³-hybridized carbons (Fsp3) is 0.417. The van der Waals surface area contributed by atoms with Gasteiger partial charge in [0.2, 0.25) is 0 Å². The van der Waals surface area contributed by atoms with Crippen LogP contribution in [0.2, 0.25) is 0 Å². The van der Waals surface area contributed by atoms with E-state index in [1.165, 1.54) is 6.07 Å². The summed E-state index contributed by atoms with van der Waals surface area (Å²) < 4.78 is 18.9. The van der Waals surface area contributed by atoms with Crippen LogP contribution in [0.4, 0.5) is 4.39 Å². The van der Waals surface area contributed by atoms with E-state index in [-0.39, 0.29) is 18.3 Å². The SMILES string of the molecule is Cc1cc(F)c(OC(C)C)c(CC(=O)O)c1. The molecule has 4 heteroatoms. The van der Waals surface area contributed by atoms with E-state index < -0.39 is 11.8 Å². The largest absolute Gasteiger partial charge is 0.488 e. The van der Waals surface area contributed by atoms with E-state index in [1.54, 1.807) is 26.8 Å². The van der Waals surface area contributed by atoms with Crippen LogP contribution in [0, 0.1) is 12.7 Å². The molecule has 3 nitrogen and oxygen atoms in total. The third kappa shape index (κ3) is 3.22. The summed E-state index contributed by atoms with van der Waals surface area (Å²) in [5.74, 6) is -1.47. The molecule has 0 aliphatic carbocycles. The van der Waals surface area contributed by atoms with Crippen molar-refractivity contribution in [2.45, 2.75) is 33.3 Å². The Bertz CT molecular complexity index is 399. The molecular weight excluding hydrogens is 211 g/mol. The second-order valence-electron chi connectivity index (χ2n) is 3.97. The maximum absolute atomic E-state index is 13.6. The van der Waals surface area contributed by atoms with Crippen molar-refractivity contribution in [2.24, 2.45) is 0 Å². The molecule has 0 unspecified atom stereocenters. The van der Waals surface area contributed by atoms with E-state index in [9.17, 15) is 9.18 Å². The predicted octanol–water partition coefficient (Wildman–Crippen LogP) is 2.55. The summed E-state index contributed by atoms with van der Waals surface area (Å²) >= 11 is 0. The molecule has 0 amide bonds. The number of carboxylic acids is 1. The van der Waals surface area contributed by atoms with Crippen LogP contribution in [0.3, 0.4) is 0 Å². The second-order valence-corrected chi connectivity index (χ2v) is 3.97. The molecule has 1 rings (SSSR count). The molecule has 88 valence electrons. The summed E-state index contributed by atoms with van der Waals surface area (Å²) in [5.41, 5.74) is 1.06. The Morgan fingerprint density at radius 1 is 1.50 bits per heavy atom. The van der Waals surface area contributed by atoms with Gasteiger partial charge in [-0.3, -0.25) is 4.79 Å². The zero-order valence-electron chi connectivity index (χ0n) is 9.58. The minimum Gasteiger partial charge on any atom is -0.488 e. The molecule has 0 atom stereocenters. The highest BCUT2D eigenvalue weighted by molar-refractivity contribution is 5.71. The third-order valence-electron chi connectivity index (χ3n) is 1.96. The van der Waals surface area contributed by atoms with Gasteiger partial charge in [0.25, 0.3) is 0 Å². The molecule has 0 saturated heterocycles. The summed E-state index contributed by atoms with van der Waals surface area (Å²) in [6, 6.07) is 2.97. The Balaban J connectivity index is 3.15. The predicted molar refractivity (Wildman–Crippen MR) is 58.2 cm³/mol. The molecule has 1 N–H and O–H groups in total. The molecule has 0 aromatic heterocycles. The van der Waals surface area contributed by atoms with Crippen molar-refractivity contribution in [1.29, 1.82) is 0 Å². The van der Waals surface area contributed by atoms with Crippen LogP contribution in [0.15, 0.2) is 12.1 Å². The average Bonchev–Trinajstić information content (AvgIpc) is 2.09. The lowest BCUT2D eigenvalue weighted by molar-refractivity contribution is -0.136. The topological polar surface area (TPSA) is 46.5 Å². The molecule has 1 aromatic rings. The van der Waals surface area contributed by atoms with Crippen molar-refractivity contribution in [3.05, 3.63) is 29.1 Å². The lowest BCUT2D eigenvalue weighted by atomic mass is 10.1. The van der Waals surface area contributed by atoms with Crippen molar-refractivity contribution >= 4 is 5.97 Å². The first-order valence-electron chi connectivity index (χ1n) is 5.07. The van der Waals surface area contributed by atoms with Gasteiger partial charge < -0.3 is 9.84 Å². The summed E-state index contributed by atoms with van der Waals surface area (Å²) in [5, 5.41) is 8.73. The number of halogens is 1. The Labute approximate surface area is 93.9 Å². The van der Waals surface area contributed by atoms with Gasteiger partial charge in [-0.2, -0.15) is 0 Å². The third-order valence-corrected chi connectivity index (χ3v) is 1.96. The van der Waals surface area contributed by atoms with Crippen molar-refractivity contribution < 1.29 is 19.0 Å². The van der Waals surface area contributed by atoms with Gasteiger partial charge in [0.05, 0.1) is 12.5 Å². The molecule has 0 aliphatic rings. The highest BCUT2D eigenvalue weighted by Gasteiger charge is 2.15. The van der Waals surface area contributed by atoms with Crippen LogP contribution >= 0.6 is 0 Å². The lowest BCUT2D eigenvalue weighted by Gasteiger charge is -2.15. The standard InChI is InChI=1S/C12H15FO3/c1-7(2)16-12-9(6-11(14)15)4-8(3)5-10(12)13/h4-5,7H,6H2,1-3H3,(H,14,15). The Hall–Kier alpha value is -1.58. The van der Waals surface area contributed by atoms with Crippen LogP contribution in [0.1, 0.15) is 25.0 Å². The number of benzene rings is 1. The number of hydrogen-bond acceptors (Lipinski definition) is 2. The molecule has 0 saturated carbocycles. The molecule has 0 radical (unpaired) electrons. The highest BCUT2D eigenvalue weighted by atomic mass is 19.1. The van der Waals surface area contributed by atoms with Crippen LogP contribution in [0.5, 0.6) is 5.75 Å². The Morgan fingerprint density at radius 3 is 2.62 bits per heavy atom. The summed E-state index contributed by atoms with van der Waals surface area (Å²) in [6.45, 7) is 5.25. The number of hydrogen-bond donors (Lipinski definition) is 1. The van der Waals surface area contributed by atoms with E-state index in [0.717, 1.165) is 0 Å². The highest BCUT2D eigenvalue weighted by Crippen LogP contribution is 2.26. The Morgan fingerprint density at radius 2 is 2.12 bits per heavy atom. The maximum atomic E-state index is 13.6. The molecule has 0 bridgehead atoms. The molecular formula is C12H15FO3. The van der Waals surface area contributed by atoms with Crippen LogP contribution in [-0.2, 0) is 11.2 Å². The number of aryl methyl sites for hydroxylation is 1. The number of carboxylic acid groups (broad SMARTS) is 1. The lowest BCUT2D eigenvalue weighted by Crippen LogP contribution is -2.11. The average molecular weight is 226 g/mol. The Kier molecular flexibility index (Phi) is 3.88. The quantitative estimate of drug-likeness (QED) is 0.858. The van der Waals surface area contributed by atoms with Crippen molar-refractivity contribution in [2.75, 3.05) is 0 Å². The summed E-state index contributed by atoms with van der Waals surface area (Å²) in [4.78, 5) is 10.7. The van der Waals surface area contributed by atoms with E-state index in [2.05, 4.69) is 0 Å². The van der Waals surface area contributed by atoms with Crippen LogP contribution in [0.25, 0.3) is 0 Å². The first-order chi connectivity index (χ1) is 7.40. The molecule has 0 spiro atoms. The number of rotatable bonds is 4. The van der Waals surface area contributed by atoms with Gasteiger partial charge in [0, 0.05) is 5.56 Å². The first kappa shape index (κ1) is 12.5. The van der Waals surface area contributed by atoms with E-state index in [0.29, 0.717) is 11.1 Å². The van der Waals surface area contributed by atoms with Gasteiger partial charge in [-0.15, -0.1) is 0 Å². The zero-order valence-corrected chi connectivity index (χ0v) is 9.58. The van der Waals surface area contributed by atoms with E-state index >= 15 is 0 Å². The van der Waals surface area contributed by atoms with Crippen LogP contribution in [-0.4, -0.2) is 17.2 Å². The molecule has 0 aliphatic heterocycles. The van der Waals surface area contributed by atoms with Gasteiger partial charge in [-0.25, -0.2) is 4.39 Å². The van der Waals surface area contributed by atoms with Crippen LogP contribution < -0.4 is 4.74 Å². The number of carbonyl (C=O) groups is 1. The van der Waals surface area contributed by atoms with Crippen molar-refractivity contribution in [1.82, 2.24) is 0 Å². The van der Waals surface area contributed by atoms with Crippen molar-refractivity contribution in [3.8, 4) is 5.75 Å². The molecule has 0 heterocycles. The van der Waals surface area contributed by atoms with E-state index in [4.69, 9.17) is 9.84 Å². The first-order valence-corrected chi connectivity index (χ1v) is 5.07. The molecule has 1 aromatic carbocycles. The summed E-state index contributed by atoms with van der Waals surface area (Å²) in [6.07, 6.45) is -0.426. The zero-order chi connectivity index (χ0) is 12.3. The van der Waals surface area contributed by atoms with Gasteiger partial charge in [-0.1, -0.05) is 6.07 Å². The molecule has 0 fully saturated rings. The fourth-order valence-electron chi connectivity index (χ4n) is 1.46. The van der Waals surface area contributed by atoms with Gasteiger partial charge in [0.15, 0.2) is 11.6 Å². The molecule has 16 heavy (non-hydrogen) atoms. The number of aliphatic carboxylic acids is 1. The normalized spacial score (nSPS) is 10.6. The minimum absolute atomic E-state index is 0.0444. The van der Waals surface area contributed by atoms with Gasteiger partial charge in [-0.05, 0) is 32.4 Å². The second kappa shape index (κ2) is 4.96. The monoisotopic (exact) mass is 226 g/mol.